The zero-order valence-corrected chi connectivity index (χ0v) is 30.5. The molecule has 48 heavy (non-hydrogen) atoms. The molecule has 268 valence electrons. The van der Waals surface area contributed by atoms with E-state index in [2.05, 4.69) is 39.4 Å². The molecule has 3 fully saturated rings. The van der Waals surface area contributed by atoms with Gasteiger partial charge in [0, 0.05) is 45.6 Å². The molecule has 3 aliphatic heterocycles. The Morgan fingerprint density at radius 1 is 0.938 bits per heavy atom. The van der Waals surface area contributed by atoms with Crippen molar-refractivity contribution < 1.29 is 62.0 Å². The molecule has 0 aromatic carbocycles. The van der Waals surface area contributed by atoms with Crippen molar-refractivity contribution in [1.82, 2.24) is 19.6 Å². The molecule has 0 unspecified atom stereocenters. The normalized spacial score (nSPS) is 15.7. The molecule has 15 nitrogen and oxygen atoms in total. The molecule has 0 spiro atoms. The Kier molecular flexibility index (Phi) is 20.6. The summed E-state index contributed by atoms with van der Waals surface area (Å²) in [7, 11) is 3.48. The van der Waals surface area contributed by atoms with Gasteiger partial charge in [-0.05, 0) is 54.4 Å². The molecule has 5 heterocycles. The minimum Gasteiger partial charge on any atom is -0.444 e. The molecule has 0 bridgehead atoms. The molecule has 3 saturated heterocycles. The van der Waals surface area contributed by atoms with Gasteiger partial charge in [-0.15, -0.1) is 0 Å². The summed E-state index contributed by atoms with van der Waals surface area (Å²) in [6.07, 6.45) is 5.51. The van der Waals surface area contributed by atoms with E-state index in [-0.39, 0.29) is 37.9 Å². The van der Waals surface area contributed by atoms with Gasteiger partial charge < -0.3 is 35.7 Å². The third-order valence-electron chi connectivity index (χ3n) is 5.72. The van der Waals surface area contributed by atoms with Gasteiger partial charge in [0.1, 0.15) is 24.4 Å². The summed E-state index contributed by atoms with van der Waals surface area (Å²) >= 11 is 0. The number of nitrogens with zero attached hydrogens (tertiary/aromatic N) is 4. The molecule has 16 heteroatoms. The Hall–Kier alpha value is -2.93. The molecule has 2 amide bonds. The minimum atomic E-state index is -1.02. The summed E-state index contributed by atoms with van der Waals surface area (Å²) < 4.78 is 27.7. The Bertz CT molecular complexity index is 1210. The number of aromatic nitrogens is 4. The number of unbranched alkanes of at least 4 members (excludes halogenated alkanes) is 1. The summed E-state index contributed by atoms with van der Waals surface area (Å²) in [5, 5.41) is 23.3. The average molecular weight is 675 g/mol. The molecule has 0 aliphatic carbocycles. The number of nitrogens with one attached hydrogen (secondary N) is 2. The summed E-state index contributed by atoms with van der Waals surface area (Å²) in [5.41, 5.74) is -1.47. The van der Waals surface area contributed by atoms with Crippen LogP contribution in [0.15, 0.2) is 18.3 Å². The summed E-state index contributed by atoms with van der Waals surface area (Å²) in [4.78, 5) is 32.6. The predicted molar refractivity (Wildman–Crippen MR) is 177 cm³/mol. The molecule has 0 atom stereocenters. The second kappa shape index (κ2) is 21.9. The summed E-state index contributed by atoms with van der Waals surface area (Å²) in [5.74, 6) is 1.04. The third-order valence-corrected chi connectivity index (χ3v) is 5.72. The molecular formula is C32H55LiN6O9. The maximum atomic E-state index is 11.6. The van der Waals surface area contributed by atoms with E-state index < -0.39 is 29.0 Å². The molecule has 2 aromatic heterocycles. The van der Waals surface area contributed by atoms with Gasteiger partial charge in [0.15, 0.2) is 23.0 Å². The van der Waals surface area contributed by atoms with E-state index in [0.717, 1.165) is 19.6 Å². The van der Waals surface area contributed by atoms with Crippen LogP contribution >= 0.6 is 0 Å². The second-order valence-corrected chi connectivity index (χ2v) is 12.9. The van der Waals surface area contributed by atoms with Crippen molar-refractivity contribution in [2.45, 2.75) is 91.0 Å². The quantitative estimate of drug-likeness (QED) is 0.318. The SMILES string of the molecule is C1CCOC1.Cn1ccc(NC(=O)OC(C)(C)C)n1.Cn1nc(NC(=O)OC(C)(C)C)cc1C1(O)COC1.O=C1COC1.[CH2-]CCC.[Li+]. The molecule has 0 saturated carbocycles. The molecule has 3 aliphatic rings. The van der Waals surface area contributed by atoms with Crippen LogP contribution in [-0.4, -0.2) is 93.5 Å². The molecular weight excluding hydrogens is 619 g/mol. The maximum Gasteiger partial charge on any atom is 1.00 e. The largest absolute Gasteiger partial charge is 1.00 e. The number of rotatable bonds is 4. The zero-order chi connectivity index (χ0) is 35.7. The number of anilines is 2. The van der Waals surface area contributed by atoms with Gasteiger partial charge in [-0.1, -0.05) is 13.3 Å². The molecule has 2 aromatic rings. The van der Waals surface area contributed by atoms with Crippen LogP contribution in [0.2, 0.25) is 0 Å². The van der Waals surface area contributed by atoms with Crippen molar-refractivity contribution in [3.05, 3.63) is 30.9 Å². The monoisotopic (exact) mass is 674 g/mol. The molecule has 5 rings (SSSR count). The zero-order valence-electron chi connectivity index (χ0n) is 30.5. The summed E-state index contributed by atoms with van der Waals surface area (Å²) in [6, 6.07) is 3.32. The minimum absolute atomic E-state index is 0. The van der Waals surface area contributed by atoms with Crippen molar-refractivity contribution >= 4 is 29.6 Å². The van der Waals surface area contributed by atoms with Crippen LogP contribution in [0.5, 0.6) is 0 Å². The Balaban J connectivity index is 0.000000659. The maximum absolute atomic E-state index is 11.6. The number of carbonyl (C=O) groups is 3. The van der Waals surface area contributed by atoms with Gasteiger partial charge in [0.25, 0.3) is 0 Å². The van der Waals surface area contributed by atoms with E-state index in [1.807, 2.05) is 20.8 Å². The van der Waals surface area contributed by atoms with Gasteiger partial charge in [0.05, 0.1) is 18.9 Å². The number of hydrogen-bond acceptors (Lipinski definition) is 11. The van der Waals surface area contributed by atoms with E-state index in [1.165, 1.54) is 23.9 Å². The van der Waals surface area contributed by atoms with Crippen LogP contribution in [0.4, 0.5) is 21.2 Å². The smallest absolute Gasteiger partial charge is 0.444 e. The molecule has 3 N–H and O–H groups in total. The van der Waals surface area contributed by atoms with Crippen LogP contribution < -0.4 is 29.5 Å². The fourth-order valence-corrected chi connectivity index (χ4v) is 3.40. The summed E-state index contributed by atoms with van der Waals surface area (Å²) in [6.45, 7) is 19.7. The number of carbonyl (C=O) groups excluding carboxylic acids is 3. The van der Waals surface area contributed by atoms with Crippen molar-refractivity contribution in [2.24, 2.45) is 14.1 Å². The number of hydrogen-bond donors (Lipinski definition) is 3. The van der Waals surface area contributed by atoms with E-state index in [4.69, 9.17) is 18.9 Å². The van der Waals surface area contributed by atoms with Crippen LogP contribution in [0.3, 0.4) is 0 Å². The van der Waals surface area contributed by atoms with E-state index in [0.29, 0.717) is 30.5 Å². The topological polar surface area (TPSA) is 177 Å². The second-order valence-electron chi connectivity index (χ2n) is 12.9. The Morgan fingerprint density at radius 2 is 1.42 bits per heavy atom. The number of ketones is 1. The van der Waals surface area contributed by atoms with Crippen molar-refractivity contribution in [3.63, 3.8) is 0 Å². The van der Waals surface area contributed by atoms with E-state index in [1.54, 1.807) is 57.9 Å². The number of ether oxygens (including phenoxy) is 5. The van der Waals surface area contributed by atoms with Crippen LogP contribution in [0.25, 0.3) is 0 Å². The fraction of sp³-hybridized carbons (Fsp3) is 0.688. The number of aliphatic hydroxyl groups is 1. The number of amides is 2. The first-order valence-electron chi connectivity index (χ1n) is 15.7. The van der Waals surface area contributed by atoms with Crippen LogP contribution in [-0.2, 0) is 48.2 Å². The average Bonchev–Trinajstić information content (AvgIpc) is 3.69. The van der Waals surface area contributed by atoms with Gasteiger partial charge in [-0.3, -0.25) is 24.8 Å². The van der Waals surface area contributed by atoms with Gasteiger partial charge in [-0.2, -0.15) is 16.6 Å². The standard InChI is InChI=1S/C12H19N3O4.C9H15N3O2.C4H8O.C4H9.C3H4O2.Li/c1-11(2,3)19-10(16)13-9-5-8(15(4)14-9)12(17)6-18-7-12;1-9(2,3)14-8(13)10-7-5-6-12(4)11-7;1-2-4-5-3-1;1-3-4-2;4-3-1-5-2-3;/h5,17H,6-7H2,1-4H3,(H,13,14,16);5-6H,1-4H3,(H,10,11,13);1-4H2;1,3-4H2,2H3;1-2H2;/q;;;-1;;+1. The third kappa shape index (κ3) is 19.8. The van der Waals surface area contributed by atoms with Gasteiger partial charge >= 0.3 is 31.0 Å². The number of Topliss-reactive ketones (excluding diaryl/α,β-unsaturated/α-hetero) is 1. The number of aryl methyl sites for hydroxylation is 2. The first kappa shape index (κ1) is 45.1. The first-order valence-corrected chi connectivity index (χ1v) is 15.7. The van der Waals surface area contributed by atoms with Crippen molar-refractivity contribution in [1.29, 1.82) is 0 Å². The Morgan fingerprint density at radius 3 is 1.71 bits per heavy atom. The fourth-order valence-electron chi connectivity index (χ4n) is 3.40. The van der Waals surface area contributed by atoms with Crippen molar-refractivity contribution in [2.75, 3.05) is 50.3 Å². The van der Waals surface area contributed by atoms with E-state index >= 15 is 0 Å². The van der Waals surface area contributed by atoms with Crippen molar-refractivity contribution in [3.8, 4) is 0 Å². The Labute approximate surface area is 296 Å². The van der Waals surface area contributed by atoms with Crippen LogP contribution in [0.1, 0.15) is 79.8 Å². The van der Waals surface area contributed by atoms with Gasteiger partial charge in [0.2, 0.25) is 0 Å². The first-order chi connectivity index (χ1) is 21.9. The predicted octanol–water partition coefficient (Wildman–Crippen LogP) is 1.76. The van der Waals surface area contributed by atoms with Crippen LogP contribution in [0, 0.1) is 6.92 Å². The van der Waals surface area contributed by atoms with E-state index in [9.17, 15) is 19.5 Å². The van der Waals surface area contributed by atoms with Gasteiger partial charge in [-0.25, -0.2) is 9.59 Å². The molecule has 0 radical (unpaired) electrons.